The first-order valence-electron chi connectivity index (χ1n) is 11.3. The molecule has 0 saturated carbocycles. The summed E-state index contributed by atoms with van der Waals surface area (Å²) in [6.07, 6.45) is 0.0316. The molecule has 5 rings (SSSR count). The third kappa shape index (κ3) is 3.76. The maximum Gasteiger partial charge on any atom is 0.266 e. The lowest BCUT2D eigenvalue weighted by atomic mass is 9.90. The first kappa shape index (κ1) is 21.2. The predicted octanol–water partition coefficient (Wildman–Crippen LogP) is 4.83. The van der Waals surface area contributed by atoms with Crippen molar-refractivity contribution in [1.82, 2.24) is 0 Å². The molecule has 2 saturated heterocycles. The normalized spacial score (nSPS) is 22.1. The minimum Gasteiger partial charge on any atom is -0.494 e. The molecule has 2 amide bonds. The van der Waals surface area contributed by atoms with E-state index >= 15 is 0 Å². The molecule has 0 N–H and O–H groups in total. The molecule has 0 radical (unpaired) electrons. The summed E-state index contributed by atoms with van der Waals surface area (Å²) in [5.74, 6) is -0.528. The van der Waals surface area contributed by atoms with Crippen molar-refractivity contribution in [2.24, 2.45) is 5.92 Å². The van der Waals surface area contributed by atoms with Crippen molar-refractivity contribution in [3.05, 3.63) is 90.0 Å². The first-order chi connectivity index (χ1) is 16.1. The Balaban J connectivity index is 1.49. The van der Waals surface area contributed by atoms with E-state index in [1.807, 2.05) is 68.4 Å². The molecule has 3 atom stereocenters. The molecular weight excluding hydrogens is 416 g/mol. The van der Waals surface area contributed by atoms with Crippen molar-refractivity contribution >= 4 is 23.2 Å². The highest BCUT2D eigenvalue weighted by Gasteiger charge is 2.60. The number of rotatable bonds is 6. The second kappa shape index (κ2) is 8.71. The average molecular weight is 443 g/mol. The van der Waals surface area contributed by atoms with Gasteiger partial charge in [-0.15, -0.1) is 0 Å². The molecular formula is C27H26N2O4. The highest BCUT2D eigenvalue weighted by molar-refractivity contribution is 6.23. The fourth-order valence-corrected chi connectivity index (χ4v) is 4.48. The van der Waals surface area contributed by atoms with Gasteiger partial charge in [0.05, 0.1) is 24.0 Å². The van der Waals surface area contributed by atoms with Gasteiger partial charge in [-0.05, 0) is 55.3 Å². The molecule has 0 unspecified atom stereocenters. The van der Waals surface area contributed by atoms with Crippen molar-refractivity contribution < 1.29 is 19.2 Å². The Hall–Kier alpha value is -3.64. The zero-order chi connectivity index (χ0) is 22.9. The van der Waals surface area contributed by atoms with E-state index in [0.29, 0.717) is 18.0 Å². The zero-order valence-electron chi connectivity index (χ0n) is 18.7. The van der Waals surface area contributed by atoms with Crippen LogP contribution < -0.4 is 14.7 Å². The molecule has 33 heavy (non-hydrogen) atoms. The van der Waals surface area contributed by atoms with Crippen molar-refractivity contribution in [2.45, 2.75) is 32.4 Å². The molecule has 2 aliphatic heterocycles. The Morgan fingerprint density at radius 1 is 0.848 bits per heavy atom. The number of hydroxylamine groups is 1. The van der Waals surface area contributed by atoms with Crippen LogP contribution in [0.5, 0.6) is 5.75 Å². The maximum atomic E-state index is 13.6. The number of hydrogen-bond acceptors (Lipinski definition) is 5. The summed E-state index contributed by atoms with van der Waals surface area (Å²) in [5.41, 5.74) is 3.40. The van der Waals surface area contributed by atoms with Gasteiger partial charge < -0.3 is 4.74 Å². The number of para-hydroxylation sites is 1. The van der Waals surface area contributed by atoms with E-state index in [9.17, 15) is 9.59 Å². The highest BCUT2D eigenvalue weighted by atomic mass is 16.7. The molecule has 2 aliphatic rings. The second-order valence-electron chi connectivity index (χ2n) is 8.42. The van der Waals surface area contributed by atoms with Gasteiger partial charge in [0.1, 0.15) is 11.7 Å². The van der Waals surface area contributed by atoms with E-state index in [1.54, 1.807) is 29.3 Å². The molecule has 0 aliphatic carbocycles. The van der Waals surface area contributed by atoms with Crippen LogP contribution in [0, 0.1) is 12.8 Å². The van der Waals surface area contributed by atoms with Crippen molar-refractivity contribution in [3.8, 4) is 5.75 Å². The van der Waals surface area contributed by atoms with E-state index in [-0.39, 0.29) is 11.8 Å². The minimum atomic E-state index is -0.875. The van der Waals surface area contributed by atoms with Gasteiger partial charge in [0.15, 0.2) is 6.10 Å². The number of anilines is 2. The zero-order valence-corrected chi connectivity index (χ0v) is 18.7. The van der Waals surface area contributed by atoms with Crippen LogP contribution in [0.25, 0.3) is 0 Å². The molecule has 6 heteroatoms. The number of benzene rings is 3. The summed E-state index contributed by atoms with van der Waals surface area (Å²) >= 11 is 0. The fourth-order valence-electron chi connectivity index (χ4n) is 4.48. The number of carbonyl (C=O) groups is 2. The van der Waals surface area contributed by atoms with Gasteiger partial charge in [-0.1, -0.05) is 55.0 Å². The number of carbonyl (C=O) groups excluding carboxylic acids is 2. The largest absolute Gasteiger partial charge is 0.494 e. The number of amides is 2. The average Bonchev–Trinajstić information content (AvgIpc) is 3.35. The van der Waals surface area contributed by atoms with E-state index < -0.39 is 18.1 Å². The Labute approximate surface area is 193 Å². The summed E-state index contributed by atoms with van der Waals surface area (Å²) in [4.78, 5) is 34.5. The van der Waals surface area contributed by atoms with E-state index in [1.165, 1.54) is 4.90 Å². The van der Waals surface area contributed by atoms with Gasteiger partial charge >= 0.3 is 0 Å². The maximum absolute atomic E-state index is 13.6. The highest BCUT2D eigenvalue weighted by Crippen LogP contribution is 2.47. The predicted molar refractivity (Wildman–Crippen MR) is 126 cm³/mol. The number of ether oxygens (including phenoxy) is 1. The number of aryl methyl sites for hydroxylation is 1. The molecule has 0 aromatic heterocycles. The first-order valence-corrected chi connectivity index (χ1v) is 11.3. The van der Waals surface area contributed by atoms with Crippen LogP contribution in [0.1, 0.15) is 30.5 Å². The van der Waals surface area contributed by atoms with Crippen molar-refractivity contribution in [3.63, 3.8) is 0 Å². The van der Waals surface area contributed by atoms with Gasteiger partial charge in [0, 0.05) is 0 Å². The summed E-state index contributed by atoms with van der Waals surface area (Å²) in [6, 6.07) is 24.3. The molecule has 3 aromatic carbocycles. The summed E-state index contributed by atoms with van der Waals surface area (Å²) in [7, 11) is 0. The van der Waals surface area contributed by atoms with Crippen LogP contribution in [0.2, 0.25) is 0 Å². The number of nitrogens with zero attached hydrogens (tertiary/aromatic N) is 2. The summed E-state index contributed by atoms with van der Waals surface area (Å²) in [5, 5.41) is 1.72. The van der Waals surface area contributed by atoms with E-state index in [0.717, 1.165) is 23.2 Å². The van der Waals surface area contributed by atoms with Gasteiger partial charge in [-0.2, -0.15) is 0 Å². The standard InChI is InChI=1S/C27H26N2O4/c1-3-17-32-22-15-13-20(14-16-22)28-26(30)23-24(19-11-9-18(2)10-12-19)29(33-25(23)27(28)31)21-7-5-4-6-8-21/h4-16,23-25H,3,17H2,1-2H3/t23-,24-,25+/m1/s1. The monoisotopic (exact) mass is 442 g/mol. The third-order valence-corrected chi connectivity index (χ3v) is 6.11. The second-order valence-corrected chi connectivity index (χ2v) is 8.42. The summed E-state index contributed by atoms with van der Waals surface area (Å²) < 4.78 is 5.63. The Kier molecular flexibility index (Phi) is 5.60. The van der Waals surface area contributed by atoms with Gasteiger partial charge in [0.2, 0.25) is 5.91 Å². The molecule has 2 heterocycles. The van der Waals surface area contributed by atoms with Crippen LogP contribution in [0.15, 0.2) is 78.9 Å². The van der Waals surface area contributed by atoms with Gasteiger partial charge in [-0.3, -0.25) is 14.4 Å². The van der Waals surface area contributed by atoms with Crippen molar-refractivity contribution in [2.75, 3.05) is 16.6 Å². The van der Waals surface area contributed by atoms with Crippen molar-refractivity contribution in [1.29, 1.82) is 0 Å². The number of hydrogen-bond donors (Lipinski definition) is 0. The molecule has 6 nitrogen and oxygen atoms in total. The number of imide groups is 1. The van der Waals surface area contributed by atoms with Gasteiger partial charge in [-0.25, -0.2) is 9.96 Å². The Morgan fingerprint density at radius 3 is 2.21 bits per heavy atom. The molecule has 168 valence electrons. The lowest BCUT2D eigenvalue weighted by molar-refractivity contribution is -0.126. The molecule has 3 aromatic rings. The lowest BCUT2D eigenvalue weighted by Crippen LogP contribution is -2.37. The van der Waals surface area contributed by atoms with Crippen LogP contribution in [-0.4, -0.2) is 24.5 Å². The number of fused-ring (bicyclic) bond motifs is 1. The molecule has 0 bridgehead atoms. The third-order valence-electron chi connectivity index (χ3n) is 6.11. The van der Waals surface area contributed by atoms with Crippen LogP contribution in [0.3, 0.4) is 0 Å². The Bertz CT molecular complexity index is 1150. The van der Waals surface area contributed by atoms with E-state index in [2.05, 4.69) is 0 Å². The quantitative estimate of drug-likeness (QED) is 0.512. The SMILES string of the molecule is CCCOc1ccc(N2C(=O)[C@H]3[C@H](ON(c4ccccc4)[C@@H]3c3ccc(C)cc3)C2=O)cc1. The van der Waals surface area contributed by atoms with Crippen LogP contribution in [0.4, 0.5) is 11.4 Å². The smallest absolute Gasteiger partial charge is 0.266 e. The molecule has 2 fully saturated rings. The molecule has 0 spiro atoms. The lowest BCUT2D eigenvalue weighted by Gasteiger charge is -2.28. The van der Waals surface area contributed by atoms with Gasteiger partial charge in [0.25, 0.3) is 5.91 Å². The van der Waals surface area contributed by atoms with Crippen LogP contribution in [-0.2, 0) is 14.4 Å². The summed E-state index contributed by atoms with van der Waals surface area (Å²) in [6.45, 7) is 4.68. The fraction of sp³-hybridized carbons (Fsp3) is 0.259. The topological polar surface area (TPSA) is 59.1 Å². The Morgan fingerprint density at radius 2 is 1.55 bits per heavy atom. The van der Waals surface area contributed by atoms with Crippen LogP contribution >= 0.6 is 0 Å². The minimum absolute atomic E-state index is 0.253. The van der Waals surface area contributed by atoms with E-state index in [4.69, 9.17) is 9.57 Å².